The van der Waals surface area contributed by atoms with Gasteiger partial charge in [-0.05, 0) is 43.5 Å². The fraction of sp³-hybridized carbons (Fsp3) is 0.500. The molecule has 0 radical (unpaired) electrons. The van der Waals surface area contributed by atoms with Gasteiger partial charge in [0.15, 0.2) is 16.7 Å². The first kappa shape index (κ1) is 18.6. The van der Waals surface area contributed by atoms with E-state index >= 15 is 0 Å². The van der Waals surface area contributed by atoms with E-state index in [2.05, 4.69) is 24.0 Å². The molecule has 2 heterocycles. The molecule has 1 amide bonds. The van der Waals surface area contributed by atoms with Crippen molar-refractivity contribution in [3.8, 4) is 11.5 Å². The van der Waals surface area contributed by atoms with Gasteiger partial charge in [-0.15, -0.1) is 10.2 Å². The number of aromatic nitrogens is 3. The van der Waals surface area contributed by atoms with Crippen LogP contribution in [0.5, 0.6) is 11.5 Å². The van der Waals surface area contributed by atoms with E-state index in [0.29, 0.717) is 24.6 Å². The Hall–Kier alpha value is -2.22. The highest BCUT2D eigenvalue weighted by Gasteiger charge is 2.23. The second-order valence-corrected chi connectivity index (χ2v) is 7.39. The lowest BCUT2D eigenvalue weighted by Gasteiger charge is -2.29. The van der Waals surface area contributed by atoms with Gasteiger partial charge in [-0.1, -0.05) is 11.8 Å². The molecule has 0 saturated heterocycles. The number of benzene rings is 1. The summed E-state index contributed by atoms with van der Waals surface area (Å²) in [5.74, 6) is 1.89. The van der Waals surface area contributed by atoms with Crippen molar-refractivity contribution in [1.82, 2.24) is 19.7 Å². The van der Waals surface area contributed by atoms with E-state index in [9.17, 15) is 4.79 Å². The predicted octanol–water partition coefficient (Wildman–Crippen LogP) is 2.55. The molecule has 0 spiro atoms. The SMILES string of the molecule is COc1cc2c(cc1OC)CN(C(=O)CSc1nncn1C(C)C)CC2. The van der Waals surface area contributed by atoms with Gasteiger partial charge in [-0.3, -0.25) is 4.79 Å². The van der Waals surface area contributed by atoms with Crippen LogP contribution in [0.15, 0.2) is 23.6 Å². The zero-order valence-corrected chi connectivity index (χ0v) is 16.4. The standard InChI is InChI=1S/C18H24N4O3S/c1-12(2)22-11-19-20-18(22)26-10-17(23)21-6-5-13-7-15(24-3)16(25-4)8-14(13)9-21/h7-8,11-12H,5-6,9-10H2,1-4H3. The summed E-state index contributed by atoms with van der Waals surface area (Å²) in [6.45, 7) is 5.43. The van der Waals surface area contributed by atoms with Gasteiger partial charge in [-0.25, -0.2) is 0 Å². The number of nitrogens with zero attached hydrogens (tertiary/aromatic N) is 4. The van der Waals surface area contributed by atoms with Crippen molar-refractivity contribution in [2.75, 3.05) is 26.5 Å². The fourth-order valence-electron chi connectivity index (χ4n) is 3.00. The van der Waals surface area contributed by atoms with Crippen LogP contribution in [0.25, 0.3) is 0 Å². The molecule has 26 heavy (non-hydrogen) atoms. The number of methoxy groups -OCH3 is 2. The Morgan fingerprint density at radius 3 is 2.58 bits per heavy atom. The van der Waals surface area contributed by atoms with Gasteiger partial charge in [0.2, 0.25) is 5.91 Å². The third-order valence-electron chi connectivity index (χ3n) is 4.49. The first-order chi connectivity index (χ1) is 12.5. The average molecular weight is 376 g/mol. The van der Waals surface area contributed by atoms with Gasteiger partial charge >= 0.3 is 0 Å². The Morgan fingerprint density at radius 2 is 1.92 bits per heavy atom. The quantitative estimate of drug-likeness (QED) is 0.722. The Labute approximate surface area is 157 Å². The third-order valence-corrected chi connectivity index (χ3v) is 5.43. The second kappa shape index (κ2) is 7.99. The summed E-state index contributed by atoms with van der Waals surface area (Å²) in [5.41, 5.74) is 2.32. The summed E-state index contributed by atoms with van der Waals surface area (Å²) < 4.78 is 12.7. The molecule has 3 rings (SSSR count). The first-order valence-electron chi connectivity index (χ1n) is 8.57. The molecule has 0 aliphatic carbocycles. The summed E-state index contributed by atoms with van der Waals surface area (Å²) in [5, 5.41) is 8.82. The fourth-order valence-corrected chi connectivity index (χ4v) is 3.95. The number of carbonyl (C=O) groups excluding carboxylic acids is 1. The molecule has 0 unspecified atom stereocenters. The Bertz CT molecular complexity index is 791. The predicted molar refractivity (Wildman–Crippen MR) is 99.8 cm³/mol. The molecule has 1 aliphatic heterocycles. The molecule has 0 N–H and O–H groups in total. The summed E-state index contributed by atoms with van der Waals surface area (Å²) in [7, 11) is 3.26. The maximum absolute atomic E-state index is 12.7. The van der Waals surface area contributed by atoms with Gasteiger partial charge in [-0.2, -0.15) is 0 Å². The minimum Gasteiger partial charge on any atom is -0.493 e. The van der Waals surface area contributed by atoms with Crippen LogP contribution in [0.1, 0.15) is 31.0 Å². The van der Waals surface area contributed by atoms with Gasteiger partial charge in [0, 0.05) is 19.1 Å². The number of ether oxygens (including phenoxy) is 2. The van der Waals surface area contributed by atoms with Crippen LogP contribution in [0.3, 0.4) is 0 Å². The Kier molecular flexibility index (Phi) is 5.70. The van der Waals surface area contributed by atoms with Gasteiger partial charge < -0.3 is 18.9 Å². The molecule has 0 saturated carbocycles. The molecular formula is C18H24N4O3S. The highest BCUT2D eigenvalue weighted by atomic mass is 32.2. The van der Waals surface area contributed by atoms with Crippen molar-refractivity contribution >= 4 is 17.7 Å². The molecule has 1 aromatic carbocycles. The lowest BCUT2D eigenvalue weighted by Crippen LogP contribution is -2.37. The second-order valence-electron chi connectivity index (χ2n) is 6.44. The van der Waals surface area contributed by atoms with Crippen LogP contribution in [0, 0.1) is 0 Å². The van der Waals surface area contributed by atoms with Crippen LogP contribution < -0.4 is 9.47 Å². The average Bonchev–Trinajstić information content (AvgIpc) is 3.13. The van der Waals surface area contributed by atoms with Crippen LogP contribution in [0.4, 0.5) is 0 Å². The van der Waals surface area contributed by atoms with E-state index < -0.39 is 0 Å². The van der Waals surface area contributed by atoms with E-state index in [0.717, 1.165) is 22.9 Å². The van der Waals surface area contributed by atoms with E-state index in [-0.39, 0.29) is 11.9 Å². The lowest BCUT2D eigenvalue weighted by molar-refractivity contribution is -0.129. The number of amides is 1. The summed E-state index contributed by atoms with van der Waals surface area (Å²) in [4.78, 5) is 14.5. The van der Waals surface area contributed by atoms with Gasteiger partial charge in [0.05, 0.1) is 20.0 Å². The van der Waals surface area contributed by atoms with Gasteiger partial charge in [0.25, 0.3) is 0 Å². The lowest BCUT2D eigenvalue weighted by atomic mass is 9.99. The van der Waals surface area contributed by atoms with Crippen LogP contribution in [-0.2, 0) is 17.8 Å². The van der Waals surface area contributed by atoms with Crippen molar-refractivity contribution in [2.24, 2.45) is 0 Å². The summed E-state index contributed by atoms with van der Waals surface area (Å²) >= 11 is 1.43. The topological polar surface area (TPSA) is 69.5 Å². The smallest absolute Gasteiger partial charge is 0.233 e. The third kappa shape index (κ3) is 3.80. The van der Waals surface area contributed by atoms with Crippen LogP contribution in [-0.4, -0.2) is 52.1 Å². The molecule has 1 aromatic heterocycles. The maximum atomic E-state index is 12.7. The Morgan fingerprint density at radius 1 is 1.23 bits per heavy atom. The molecule has 8 heteroatoms. The number of carbonyl (C=O) groups is 1. The zero-order valence-electron chi connectivity index (χ0n) is 15.6. The van der Waals surface area contributed by atoms with Crippen molar-refractivity contribution in [3.63, 3.8) is 0 Å². The number of thioether (sulfide) groups is 1. The maximum Gasteiger partial charge on any atom is 0.233 e. The zero-order chi connectivity index (χ0) is 18.7. The molecular weight excluding hydrogens is 352 g/mol. The Balaban J connectivity index is 1.66. The molecule has 0 bridgehead atoms. The highest BCUT2D eigenvalue weighted by molar-refractivity contribution is 7.99. The molecule has 140 valence electrons. The van der Waals surface area contributed by atoms with Crippen molar-refractivity contribution in [3.05, 3.63) is 29.6 Å². The van der Waals surface area contributed by atoms with Crippen molar-refractivity contribution in [2.45, 2.75) is 38.0 Å². The normalized spacial score (nSPS) is 13.7. The van der Waals surface area contributed by atoms with Crippen molar-refractivity contribution in [1.29, 1.82) is 0 Å². The van der Waals surface area contributed by atoms with Gasteiger partial charge in [0.1, 0.15) is 6.33 Å². The van der Waals surface area contributed by atoms with Crippen molar-refractivity contribution < 1.29 is 14.3 Å². The van der Waals surface area contributed by atoms with Crippen LogP contribution in [0.2, 0.25) is 0 Å². The van der Waals surface area contributed by atoms with E-state index in [1.807, 2.05) is 21.6 Å². The summed E-state index contributed by atoms with van der Waals surface area (Å²) in [6.07, 6.45) is 2.52. The minimum atomic E-state index is 0.105. The molecule has 0 atom stereocenters. The molecule has 7 nitrogen and oxygen atoms in total. The first-order valence-corrected chi connectivity index (χ1v) is 9.56. The largest absolute Gasteiger partial charge is 0.493 e. The molecule has 0 fully saturated rings. The number of hydrogen-bond donors (Lipinski definition) is 0. The number of hydrogen-bond acceptors (Lipinski definition) is 6. The molecule has 1 aliphatic rings. The van der Waals surface area contributed by atoms with E-state index in [1.54, 1.807) is 20.5 Å². The van der Waals surface area contributed by atoms with Crippen LogP contribution >= 0.6 is 11.8 Å². The highest BCUT2D eigenvalue weighted by Crippen LogP contribution is 2.33. The number of fused-ring (bicyclic) bond motifs is 1. The monoisotopic (exact) mass is 376 g/mol. The number of rotatable bonds is 6. The van der Waals surface area contributed by atoms with E-state index in [1.165, 1.54) is 17.3 Å². The molecule has 2 aromatic rings. The minimum absolute atomic E-state index is 0.105. The van der Waals surface area contributed by atoms with E-state index in [4.69, 9.17) is 9.47 Å². The summed E-state index contributed by atoms with van der Waals surface area (Å²) in [6, 6.07) is 4.25.